The van der Waals surface area contributed by atoms with E-state index in [0.717, 1.165) is 17.5 Å². The highest BCUT2D eigenvalue weighted by Gasteiger charge is 2.10. The van der Waals surface area contributed by atoms with Crippen LogP contribution in [0.2, 0.25) is 0 Å². The molecule has 1 N–H and O–H groups in total. The van der Waals surface area contributed by atoms with Crippen LogP contribution in [-0.2, 0) is 11.2 Å². The van der Waals surface area contributed by atoms with E-state index in [4.69, 9.17) is 5.11 Å². The summed E-state index contributed by atoms with van der Waals surface area (Å²) < 4.78 is 0. The lowest BCUT2D eigenvalue weighted by molar-refractivity contribution is -0.137. The minimum atomic E-state index is -0.764. The molecular weight excluding hydrogens is 178 g/mol. The Bertz CT molecular complexity index is 323. The van der Waals surface area contributed by atoms with Crippen LogP contribution in [0.4, 0.5) is 0 Å². The second-order valence-electron chi connectivity index (χ2n) is 3.48. The van der Waals surface area contributed by atoms with Gasteiger partial charge in [0.2, 0.25) is 0 Å². The standard InChI is InChI=1S/C11H15NO2/c1-3-9-5-10(7-12-6-9)8(2)4-11(13)14/h5-8H,3-4H2,1-2H3,(H,13,14). The number of pyridine rings is 1. The van der Waals surface area contributed by atoms with E-state index in [2.05, 4.69) is 11.9 Å². The largest absolute Gasteiger partial charge is 0.481 e. The molecule has 0 amide bonds. The molecule has 0 aliphatic rings. The molecule has 76 valence electrons. The molecule has 3 heteroatoms. The number of carbonyl (C=O) groups is 1. The number of aromatic nitrogens is 1. The van der Waals surface area contributed by atoms with Gasteiger partial charge in [-0.15, -0.1) is 0 Å². The van der Waals surface area contributed by atoms with Crippen molar-refractivity contribution in [3.05, 3.63) is 29.6 Å². The second-order valence-corrected chi connectivity index (χ2v) is 3.48. The van der Waals surface area contributed by atoms with E-state index in [9.17, 15) is 4.79 Å². The molecular formula is C11H15NO2. The molecule has 14 heavy (non-hydrogen) atoms. The first-order valence-corrected chi connectivity index (χ1v) is 4.79. The average molecular weight is 193 g/mol. The molecule has 0 aromatic carbocycles. The van der Waals surface area contributed by atoms with Crippen LogP contribution in [0.15, 0.2) is 18.5 Å². The maximum atomic E-state index is 10.5. The first-order valence-electron chi connectivity index (χ1n) is 4.79. The van der Waals surface area contributed by atoms with Crippen LogP contribution in [0, 0.1) is 0 Å². The Labute approximate surface area is 83.8 Å². The summed E-state index contributed by atoms with van der Waals surface area (Å²) in [6.07, 6.45) is 4.65. The Kier molecular flexibility index (Phi) is 3.63. The lowest BCUT2D eigenvalue weighted by Gasteiger charge is -2.09. The van der Waals surface area contributed by atoms with E-state index in [1.165, 1.54) is 0 Å². The Morgan fingerprint density at radius 3 is 2.86 bits per heavy atom. The average Bonchev–Trinajstić information content (AvgIpc) is 2.17. The van der Waals surface area contributed by atoms with Crippen LogP contribution in [0.1, 0.15) is 37.3 Å². The van der Waals surface area contributed by atoms with Crippen LogP contribution >= 0.6 is 0 Å². The number of nitrogens with zero attached hydrogens (tertiary/aromatic N) is 1. The molecule has 1 aromatic heterocycles. The van der Waals surface area contributed by atoms with Gasteiger partial charge in [-0.3, -0.25) is 9.78 Å². The Morgan fingerprint density at radius 1 is 1.57 bits per heavy atom. The van der Waals surface area contributed by atoms with Gasteiger partial charge in [-0.2, -0.15) is 0 Å². The van der Waals surface area contributed by atoms with Gasteiger partial charge < -0.3 is 5.11 Å². The number of carboxylic acids is 1. The van der Waals surface area contributed by atoms with Crippen LogP contribution in [-0.4, -0.2) is 16.1 Å². The van der Waals surface area contributed by atoms with Crippen molar-refractivity contribution in [2.45, 2.75) is 32.6 Å². The predicted octanol–water partition coefficient (Wildman–Crippen LogP) is 2.22. The zero-order chi connectivity index (χ0) is 10.6. The molecule has 1 aromatic rings. The van der Waals surface area contributed by atoms with Crippen molar-refractivity contribution in [3.8, 4) is 0 Å². The normalized spacial score (nSPS) is 12.4. The highest BCUT2D eigenvalue weighted by Crippen LogP contribution is 2.18. The summed E-state index contributed by atoms with van der Waals surface area (Å²) in [5.74, 6) is -0.731. The second kappa shape index (κ2) is 4.74. The molecule has 0 radical (unpaired) electrons. The number of hydrogen-bond donors (Lipinski definition) is 1. The monoisotopic (exact) mass is 193 g/mol. The van der Waals surface area contributed by atoms with E-state index in [-0.39, 0.29) is 12.3 Å². The summed E-state index contributed by atoms with van der Waals surface area (Å²) >= 11 is 0. The highest BCUT2D eigenvalue weighted by atomic mass is 16.4. The van der Waals surface area contributed by atoms with Crippen molar-refractivity contribution in [2.75, 3.05) is 0 Å². The molecule has 0 bridgehead atoms. The fourth-order valence-corrected chi connectivity index (χ4v) is 1.35. The topological polar surface area (TPSA) is 50.2 Å². The van der Waals surface area contributed by atoms with Crippen molar-refractivity contribution in [1.29, 1.82) is 0 Å². The van der Waals surface area contributed by atoms with E-state index in [0.29, 0.717) is 0 Å². The van der Waals surface area contributed by atoms with Gasteiger partial charge in [0.05, 0.1) is 6.42 Å². The highest BCUT2D eigenvalue weighted by molar-refractivity contribution is 5.67. The van der Waals surface area contributed by atoms with Gasteiger partial charge in [-0.25, -0.2) is 0 Å². The molecule has 3 nitrogen and oxygen atoms in total. The smallest absolute Gasteiger partial charge is 0.303 e. The molecule has 0 saturated carbocycles. The third kappa shape index (κ3) is 2.83. The van der Waals surface area contributed by atoms with Gasteiger partial charge in [0.15, 0.2) is 0 Å². The minimum Gasteiger partial charge on any atom is -0.481 e. The van der Waals surface area contributed by atoms with Crippen molar-refractivity contribution < 1.29 is 9.90 Å². The van der Waals surface area contributed by atoms with Crippen LogP contribution < -0.4 is 0 Å². The predicted molar refractivity (Wildman–Crippen MR) is 54.3 cm³/mol. The lowest BCUT2D eigenvalue weighted by Crippen LogP contribution is -2.03. The Balaban J connectivity index is 2.78. The van der Waals surface area contributed by atoms with Gasteiger partial charge in [0, 0.05) is 12.4 Å². The number of carboxylic acid groups (broad SMARTS) is 1. The molecule has 1 rings (SSSR count). The van der Waals surface area contributed by atoms with E-state index in [1.54, 1.807) is 6.20 Å². The van der Waals surface area contributed by atoms with Gasteiger partial charge >= 0.3 is 5.97 Å². The van der Waals surface area contributed by atoms with Gasteiger partial charge in [-0.05, 0) is 23.5 Å². The maximum Gasteiger partial charge on any atom is 0.303 e. The molecule has 1 unspecified atom stereocenters. The SMILES string of the molecule is CCc1cncc(C(C)CC(=O)O)c1. The number of hydrogen-bond acceptors (Lipinski definition) is 2. The van der Waals surface area contributed by atoms with Gasteiger partial charge in [0.1, 0.15) is 0 Å². The summed E-state index contributed by atoms with van der Waals surface area (Å²) in [5, 5.41) is 8.65. The Hall–Kier alpha value is -1.38. The first-order chi connectivity index (χ1) is 6.63. The zero-order valence-electron chi connectivity index (χ0n) is 8.53. The van der Waals surface area contributed by atoms with E-state index >= 15 is 0 Å². The summed E-state index contributed by atoms with van der Waals surface area (Å²) in [5.41, 5.74) is 2.16. The summed E-state index contributed by atoms with van der Waals surface area (Å²) in [6, 6.07) is 2.03. The fraction of sp³-hybridized carbons (Fsp3) is 0.455. The fourth-order valence-electron chi connectivity index (χ4n) is 1.35. The van der Waals surface area contributed by atoms with Crippen LogP contribution in [0.3, 0.4) is 0 Å². The molecule has 1 atom stereocenters. The van der Waals surface area contributed by atoms with E-state index < -0.39 is 5.97 Å². The van der Waals surface area contributed by atoms with Crippen LogP contribution in [0.5, 0.6) is 0 Å². The van der Waals surface area contributed by atoms with Gasteiger partial charge in [-0.1, -0.05) is 19.9 Å². The van der Waals surface area contributed by atoms with Crippen molar-refractivity contribution in [1.82, 2.24) is 4.98 Å². The minimum absolute atomic E-state index is 0.0338. The number of aliphatic carboxylic acids is 1. The lowest BCUT2D eigenvalue weighted by atomic mass is 9.98. The maximum absolute atomic E-state index is 10.5. The molecule has 0 saturated heterocycles. The summed E-state index contributed by atoms with van der Waals surface area (Å²) in [6.45, 7) is 3.97. The molecule has 0 aliphatic carbocycles. The third-order valence-electron chi connectivity index (χ3n) is 2.27. The third-order valence-corrected chi connectivity index (χ3v) is 2.27. The quantitative estimate of drug-likeness (QED) is 0.797. The molecule has 0 fully saturated rings. The van der Waals surface area contributed by atoms with Crippen molar-refractivity contribution in [2.24, 2.45) is 0 Å². The molecule has 0 aliphatic heterocycles. The van der Waals surface area contributed by atoms with Crippen LogP contribution in [0.25, 0.3) is 0 Å². The van der Waals surface area contributed by atoms with Gasteiger partial charge in [0.25, 0.3) is 0 Å². The van der Waals surface area contributed by atoms with E-state index in [1.807, 2.05) is 19.2 Å². The summed E-state index contributed by atoms with van der Waals surface area (Å²) in [7, 11) is 0. The molecule has 0 spiro atoms. The van der Waals surface area contributed by atoms with Crippen molar-refractivity contribution >= 4 is 5.97 Å². The Morgan fingerprint density at radius 2 is 2.29 bits per heavy atom. The number of aryl methyl sites for hydroxylation is 1. The number of rotatable bonds is 4. The van der Waals surface area contributed by atoms with Crippen molar-refractivity contribution in [3.63, 3.8) is 0 Å². The first kappa shape index (κ1) is 10.7. The molecule has 1 heterocycles. The summed E-state index contributed by atoms with van der Waals surface area (Å²) in [4.78, 5) is 14.6. The zero-order valence-corrected chi connectivity index (χ0v) is 8.53.